The highest BCUT2D eigenvalue weighted by Gasteiger charge is 2.20. The Morgan fingerprint density at radius 3 is 0.974 bits per heavy atom. The Kier molecular flexibility index (Phi) is 6.61. The Morgan fingerprint density at radius 2 is 0.615 bits per heavy atom. The van der Waals surface area contributed by atoms with Crippen LogP contribution in [-0.2, 0) is 0 Å². The third-order valence-corrected chi connectivity index (χ3v) is 7.25. The van der Waals surface area contributed by atoms with Gasteiger partial charge in [-0.3, -0.25) is 0 Å². The summed E-state index contributed by atoms with van der Waals surface area (Å²) in [6.07, 6.45) is 0. The Morgan fingerprint density at radius 1 is 0.308 bits per heavy atom. The van der Waals surface area contributed by atoms with Crippen LogP contribution in [0.15, 0.2) is 140 Å². The number of benzene rings is 6. The first-order chi connectivity index (χ1) is 19.1. The number of hydrogen-bond donors (Lipinski definition) is 0. The monoisotopic (exact) mass is 504 g/mol. The van der Waals surface area contributed by atoms with E-state index in [1.165, 1.54) is 27.5 Å². The van der Waals surface area contributed by atoms with Crippen LogP contribution in [0, 0.1) is 20.8 Å². The quantitative estimate of drug-likeness (QED) is 0.222. The Labute approximate surface area is 231 Å². The summed E-state index contributed by atoms with van der Waals surface area (Å²) in [5, 5.41) is 2.40. The van der Waals surface area contributed by atoms with Crippen LogP contribution in [0.1, 0.15) is 16.7 Å². The number of para-hydroxylation sites is 1. The maximum atomic E-state index is 2.36. The van der Waals surface area contributed by atoms with Crippen molar-refractivity contribution in [2.24, 2.45) is 0 Å². The van der Waals surface area contributed by atoms with E-state index in [1.54, 1.807) is 0 Å². The fraction of sp³-hybridized carbons (Fsp3) is 0.0811. The number of hydrogen-bond acceptors (Lipinski definition) is 2. The van der Waals surface area contributed by atoms with Crippen LogP contribution in [0.5, 0.6) is 0 Å². The second-order valence-electron chi connectivity index (χ2n) is 10.2. The van der Waals surface area contributed by atoms with E-state index in [2.05, 4.69) is 170 Å². The fourth-order valence-electron chi connectivity index (χ4n) is 5.17. The Hall–Kier alpha value is -4.82. The molecule has 39 heavy (non-hydrogen) atoms. The van der Waals surface area contributed by atoms with Crippen molar-refractivity contribution in [2.75, 3.05) is 9.80 Å². The normalized spacial score (nSPS) is 10.9. The highest BCUT2D eigenvalue weighted by Crippen LogP contribution is 2.45. The summed E-state index contributed by atoms with van der Waals surface area (Å²) in [6, 6.07) is 50.2. The van der Waals surface area contributed by atoms with Crippen LogP contribution in [0.2, 0.25) is 0 Å². The Bertz CT molecular complexity index is 1660. The minimum Gasteiger partial charge on any atom is -0.310 e. The lowest BCUT2D eigenvalue weighted by molar-refractivity contribution is 1.26. The van der Waals surface area contributed by atoms with Crippen molar-refractivity contribution in [3.63, 3.8) is 0 Å². The summed E-state index contributed by atoms with van der Waals surface area (Å²) >= 11 is 0. The molecule has 6 aromatic carbocycles. The minimum atomic E-state index is 1.13. The summed E-state index contributed by atoms with van der Waals surface area (Å²) in [5.41, 5.74) is 10.6. The molecule has 0 spiro atoms. The third-order valence-electron chi connectivity index (χ3n) is 7.25. The highest BCUT2D eigenvalue weighted by atomic mass is 15.2. The smallest absolute Gasteiger partial charge is 0.0541 e. The summed E-state index contributed by atoms with van der Waals surface area (Å²) in [5.74, 6) is 0. The van der Waals surface area contributed by atoms with Gasteiger partial charge in [0.05, 0.1) is 11.4 Å². The zero-order valence-corrected chi connectivity index (χ0v) is 22.7. The first kappa shape index (κ1) is 24.5. The number of aryl methyl sites for hydroxylation is 3. The van der Waals surface area contributed by atoms with Crippen molar-refractivity contribution >= 4 is 44.9 Å². The molecule has 2 nitrogen and oxygen atoms in total. The fourth-order valence-corrected chi connectivity index (χ4v) is 5.17. The van der Waals surface area contributed by atoms with Crippen LogP contribution in [0.3, 0.4) is 0 Å². The van der Waals surface area contributed by atoms with E-state index < -0.39 is 0 Å². The van der Waals surface area contributed by atoms with Gasteiger partial charge >= 0.3 is 0 Å². The van der Waals surface area contributed by atoms with Crippen molar-refractivity contribution in [1.29, 1.82) is 0 Å². The molecule has 2 heteroatoms. The molecule has 0 aliphatic carbocycles. The molecule has 0 N–H and O–H groups in total. The number of rotatable bonds is 6. The topological polar surface area (TPSA) is 6.48 Å². The zero-order valence-electron chi connectivity index (χ0n) is 22.7. The summed E-state index contributed by atoms with van der Waals surface area (Å²) in [7, 11) is 0. The van der Waals surface area contributed by atoms with Gasteiger partial charge in [-0.25, -0.2) is 0 Å². The van der Waals surface area contributed by atoms with E-state index in [1.807, 2.05) is 0 Å². The van der Waals surface area contributed by atoms with Crippen LogP contribution in [-0.4, -0.2) is 0 Å². The third kappa shape index (κ3) is 4.89. The molecule has 0 unspecified atom stereocenters. The van der Waals surface area contributed by atoms with Crippen LogP contribution >= 0.6 is 0 Å². The molecule has 0 aliphatic rings. The number of fused-ring (bicyclic) bond motifs is 1. The SMILES string of the molecule is Cc1ccc(N(c2ccccc2)c2ccc(N(c3ccc(C)cc3)c3ccc(C)cc3)c3ccccc23)cc1. The Balaban J connectivity index is 1.59. The summed E-state index contributed by atoms with van der Waals surface area (Å²) in [4.78, 5) is 4.72. The molecular formula is C37H32N2. The van der Waals surface area contributed by atoms with E-state index in [-0.39, 0.29) is 0 Å². The molecule has 0 amide bonds. The first-order valence-electron chi connectivity index (χ1n) is 13.5. The minimum absolute atomic E-state index is 1.13. The van der Waals surface area contributed by atoms with Crippen molar-refractivity contribution in [1.82, 2.24) is 0 Å². The predicted molar refractivity (Wildman–Crippen MR) is 168 cm³/mol. The maximum Gasteiger partial charge on any atom is 0.0541 e. The average molecular weight is 505 g/mol. The standard InChI is InChI=1S/C37H32N2/c1-27-13-19-31(20-14-27)38(30-9-5-4-6-10-30)36-25-26-37(35-12-8-7-11-34(35)36)39(32-21-15-28(2)16-22-32)33-23-17-29(3)18-24-33/h4-26H,1-3H3. The number of nitrogens with zero attached hydrogens (tertiary/aromatic N) is 2. The lowest BCUT2D eigenvalue weighted by Gasteiger charge is -2.30. The van der Waals surface area contributed by atoms with Gasteiger partial charge in [-0.1, -0.05) is 95.6 Å². The van der Waals surface area contributed by atoms with Crippen molar-refractivity contribution in [3.05, 3.63) is 156 Å². The van der Waals surface area contributed by atoms with E-state index in [4.69, 9.17) is 0 Å². The van der Waals surface area contributed by atoms with Crippen molar-refractivity contribution < 1.29 is 0 Å². The molecular weight excluding hydrogens is 472 g/mol. The van der Waals surface area contributed by atoms with Gasteiger partial charge in [0, 0.05) is 33.5 Å². The van der Waals surface area contributed by atoms with E-state index in [0.717, 1.165) is 34.1 Å². The van der Waals surface area contributed by atoms with Gasteiger partial charge in [0.1, 0.15) is 0 Å². The summed E-state index contributed by atoms with van der Waals surface area (Å²) < 4.78 is 0. The van der Waals surface area contributed by atoms with E-state index in [0.29, 0.717) is 0 Å². The van der Waals surface area contributed by atoms with Crippen LogP contribution < -0.4 is 9.80 Å². The van der Waals surface area contributed by atoms with Crippen molar-refractivity contribution in [3.8, 4) is 0 Å². The van der Waals surface area contributed by atoms with Crippen LogP contribution in [0.4, 0.5) is 34.1 Å². The lowest BCUT2D eigenvalue weighted by atomic mass is 10.0. The lowest BCUT2D eigenvalue weighted by Crippen LogP contribution is -2.13. The molecule has 0 radical (unpaired) electrons. The van der Waals surface area contributed by atoms with Crippen molar-refractivity contribution in [2.45, 2.75) is 20.8 Å². The van der Waals surface area contributed by atoms with E-state index >= 15 is 0 Å². The number of anilines is 6. The molecule has 0 bridgehead atoms. The molecule has 0 fully saturated rings. The molecule has 190 valence electrons. The highest BCUT2D eigenvalue weighted by molar-refractivity contribution is 6.07. The molecule has 0 aromatic heterocycles. The second kappa shape index (κ2) is 10.5. The maximum absolute atomic E-state index is 2.36. The largest absolute Gasteiger partial charge is 0.310 e. The van der Waals surface area contributed by atoms with Gasteiger partial charge in [0.25, 0.3) is 0 Å². The average Bonchev–Trinajstić information content (AvgIpc) is 2.97. The molecule has 0 heterocycles. The molecule has 6 rings (SSSR count). The second-order valence-corrected chi connectivity index (χ2v) is 10.2. The molecule has 0 saturated carbocycles. The molecule has 0 saturated heterocycles. The zero-order chi connectivity index (χ0) is 26.8. The summed E-state index contributed by atoms with van der Waals surface area (Å²) in [6.45, 7) is 6.40. The van der Waals surface area contributed by atoms with Gasteiger partial charge in [0.15, 0.2) is 0 Å². The van der Waals surface area contributed by atoms with Gasteiger partial charge in [-0.15, -0.1) is 0 Å². The van der Waals surface area contributed by atoms with Gasteiger partial charge in [0.2, 0.25) is 0 Å². The molecule has 6 aromatic rings. The van der Waals surface area contributed by atoms with E-state index in [9.17, 15) is 0 Å². The van der Waals surface area contributed by atoms with Gasteiger partial charge < -0.3 is 9.80 Å². The van der Waals surface area contributed by atoms with Crippen LogP contribution in [0.25, 0.3) is 10.8 Å². The van der Waals surface area contributed by atoms with Gasteiger partial charge in [-0.05, 0) is 81.4 Å². The molecule has 0 aliphatic heterocycles. The molecule has 0 atom stereocenters. The predicted octanol–water partition coefficient (Wildman–Crippen LogP) is 10.7. The van der Waals surface area contributed by atoms with Gasteiger partial charge in [-0.2, -0.15) is 0 Å². The first-order valence-corrected chi connectivity index (χ1v) is 13.5.